The number of aromatic nitrogens is 1. The standard InChI is InChI=1S/C12H18N2O3/c15-7-8-2-1-3-10(8)14-6-11-9(12(16)17)4-5-13-11/h4-5,8,10,13-15H,1-3,6-7H2,(H,16,17). The van der Waals surface area contributed by atoms with Crippen molar-refractivity contribution in [1.82, 2.24) is 10.3 Å². The first-order chi connectivity index (χ1) is 8.22. The van der Waals surface area contributed by atoms with E-state index in [0.29, 0.717) is 29.8 Å². The van der Waals surface area contributed by atoms with Gasteiger partial charge in [-0.25, -0.2) is 4.79 Å². The number of aliphatic hydroxyl groups is 1. The zero-order chi connectivity index (χ0) is 12.3. The molecule has 2 rings (SSSR count). The second kappa shape index (κ2) is 5.33. The summed E-state index contributed by atoms with van der Waals surface area (Å²) < 4.78 is 0. The van der Waals surface area contributed by atoms with Crippen LogP contribution >= 0.6 is 0 Å². The summed E-state index contributed by atoms with van der Waals surface area (Å²) in [4.78, 5) is 13.8. The Labute approximate surface area is 99.9 Å². The second-order valence-corrected chi connectivity index (χ2v) is 4.54. The number of hydrogen-bond acceptors (Lipinski definition) is 3. The smallest absolute Gasteiger partial charge is 0.337 e. The van der Waals surface area contributed by atoms with Crippen molar-refractivity contribution in [2.75, 3.05) is 6.61 Å². The highest BCUT2D eigenvalue weighted by atomic mass is 16.4. The molecule has 1 heterocycles. The molecule has 0 radical (unpaired) electrons. The van der Waals surface area contributed by atoms with Gasteiger partial charge in [-0.1, -0.05) is 6.42 Å². The number of hydrogen-bond donors (Lipinski definition) is 4. The van der Waals surface area contributed by atoms with E-state index in [-0.39, 0.29) is 6.61 Å². The molecule has 5 nitrogen and oxygen atoms in total. The zero-order valence-electron chi connectivity index (χ0n) is 9.65. The van der Waals surface area contributed by atoms with Gasteiger partial charge in [0.25, 0.3) is 0 Å². The monoisotopic (exact) mass is 238 g/mol. The fourth-order valence-electron chi connectivity index (χ4n) is 2.51. The van der Waals surface area contributed by atoms with Crippen molar-refractivity contribution in [2.24, 2.45) is 5.92 Å². The van der Waals surface area contributed by atoms with Crippen LogP contribution in [0.15, 0.2) is 12.3 Å². The van der Waals surface area contributed by atoms with Crippen LogP contribution in [0.2, 0.25) is 0 Å². The molecule has 0 aliphatic heterocycles. The summed E-state index contributed by atoms with van der Waals surface area (Å²) in [5.74, 6) is -0.605. The number of aromatic carboxylic acids is 1. The number of aromatic amines is 1. The molecule has 2 atom stereocenters. The van der Waals surface area contributed by atoms with Crippen LogP contribution in [0.3, 0.4) is 0 Å². The van der Waals surface area contributed by atoms with Crippen LogP contribution in [-0.2, 0) is 6.54 Å². The first-order valence-electron chi connectivity index (χ1n) is 5.96. The lowest BCUT2D eigenvalue weighted by atomic mass is 10.1. The summed E-state index contributed by atoms with van der Waals surface area (Å²) >= 11 is 0. The Morgan fingerprint density at radius 3 is 3.06 bits per heavy atom. The minimum atomic E-state index is -0.909. The summed E-state index contributed by atoms with van der Waals surface area (Å²) in [7, 11) is 0. The first kappa shape index (κ1) is 12.1. The molecule has 17 heavy (non-hydrogen) atoms. The quantitative estimate of drug-likeness (QED) is 0.615. The Morgan fingerprint density at radius 1 is 1.53 bits per heavy atom. The SMILES string of the molecule is O=C(O)c1cc[nH]c1CNC1CCCC1CO. The fraction of sp³-hybridized carbons (Fsp3) is 0.583. The van der Waals surface area contributed by atoms with Gasteiger partial charge in [0, 0.05) is 31.1 Å². The maximum atomic E-state index is 10.9. The van der Waals surface area contributed by atoms with Gasteiger partial charge >= 0.3 is 5.97 Å². The fourth-order valence-corrected chi connectivity index (χ4v) is 2.51. The summed E-state index contributed by atoms with van der Waals surface area (Å²) in [6, 6.07) is 1.86. The van der Waals surface area contributed by atoms with E-state index in [1.165, 1.54) is 0 Å². The van der Waals surface area contributed by atoms with Crippen molar-refractivity contribution in [2.45, 2.75) is 31.8 Å². The van der Waals surface area contributed by atoms with E-state index < -0.39 is 5.97 Å². The highest BCUT2D eigenvalue weighted by Crippen LogP contribution is 2.25. The molecule has 1 aliphatic carbocycles. The molecule has 0 amide bonds. The third-order valence-corrected chi connectivity index (χ3v) is 3.50. The molecule has 1 aromatic heterocycles. The molecule has 0 aromatic carbocycles. The molecular weight excluding hydrogens is 220 g/mol. The molecule has 2 unspecified atom stereocenters. The van der Waals surface area contributed by atoms with Gasteiger partial charge in [0.15, 0.2) is 0 Å². The largest absolute Gasteiger partial charge is 0.478 e. The van der Waals surface area contributed by atoms with E-state index in [1.807, 2.05) is 0 Å². The molecule has 0 spiro atoms. The van der Waals surface area contributed by atoms with E-state index in [2.05, 4.69) is 10.3 Å². The number of carboxylic acids is 1. The van der Waals surface area contributed by atoms with Gasteiger partial charge in [-0.05, 0) is 24.8 Å². The molecular formula is C12H18N2O3. The van der Waals surface area contributed by atoms with Crippen LogP contribution in [0.25, 0.3) is 0 Å². The second-order valence-electron chi connectivity index (χ2n) is 4.54. The van der Waals surface area contributed by atoms with Gasteiger partial charge in [-0.3, -0.25) is 0 Å². The number of H-pyrrole nitrogens is 1. The number of carbonyl (C=O) groups is 1. The topological polar surface area (TPSA) is 85.3 Å². The maximum Gasteiger partial charge on any atom is 0.337 e. The average molecular weight is 238 g/mol. The van der Waals surface area contributed by atoms with Gasteiger partial charge in [-0.15, -0.1) is 0 Å². The van der Waals surface area contributed by atoms with E-state index in [1.54, 1.807) is 12.3 Å². The molecule has 1 fully saturated rings. The van der Waals surface area contributed by atoms with Gasteiger partial charge in [0.1, 0.15) is 0 Å². The molecule has 1 saturated carbocycles. The third kappa shape index (κ3) is 2.68. The van der Waals surface area contributed by atoms with Crippen LogP contribution in [0.4, 0.5) is 0 Å². The Bertz CT molecular complexity index is 389. The van der Waals surface area contributed by atoms with E-state index >= 15 is 0 Å². The predicted octanol–water partition coefficient (Wildman–Crippen LogP) is 0.964. The first-order valence-corrected chi connectivity index (χ1v) is 5.96. The van der Waals surface area contributed by atoms with Crippen molar-refractivity contribution in [1.29, 1.82) is 0 Å². The van der Waals surface area contributed by atoms with Crippen LogP contribution < -0.4 is 5.32 Å². The lowest BCUT2D eigenvalue weighted by molar-refractivity contribution is 0.0695. The number of carboxylic acid groups (broad SMARTS) is 1. The zero-order valence-corrected chi connectivity index (χ0v) is 9.65. The van der Waals surface area contributed by atoms with Crippen molar-refractivity contribution in [3.8, 4) is 0 Å². The minimum Gasteiger partial charge on any atom is -0.478 e. The molecule has 94 valence electrons. The third-order valence-electron chi connectivity index (χ3n) is 3.50. The van der Waals surface area contributed by atoms with Crippen molar-refractivity contribution >= 4 is 5.97 Å². The minimum absolute atomic E-state index is 0.203. The summed E-state index contributed by atoms with van der Waals surface area (Å²) in [6.45, 7) is 0.712. The highest BCUT2D eigenvalue weighted by Gasteiger charge is 2.26. The average Bonchev–Trinajstić information content (AvgIpc) is 2.94. The molecule has 1 aliphatic rings. The maximum absolute atomic E-state index is 10.9. The number of rotatable bonds is 5. The van der Waals surface area contributed by atoms with Crippen molar-refractivity contribution in [3.05, 3.63) is 23.5 Å². The lowest BCUT2D eigenvalue weighted by Crippen LogP contribution is -2.34. The van der Waals surface area contributed by atoms with Crippen LogP contribution in [0.1, 0.15) is 35.3 Å². The van der Waals surface area contributed by atoms with E-state index in [4.69, 9.17) is 5.11 Å². The molecule has 4 N–H and O–H groups in total. The van der Waals surface area contributed by atoms with Gasteiger partial charge in [-0.2, -0.15) is 0 Å². The van der Waals surface area contributed by atoms with E-state index in [0.717, 1.165) is 19.3 Å². The summed E-state index contributed by atoms with van der Waals surface area (Å²) in [5, 5.41) is 21.5. The highest BCUT2D eigenvalue weighted by molar-refractivity contribution is 5.88. The summed E-state index contributed by atoms with van der Waals surface area (Å²) in [6.07, 6.45) is 4.86. The lowest BCUT2D eigenvalue weighted by Gasteiger charge is -2.18. The molecule has 5 heteroatoms. The van der Waals surface area contributed by atoms with Gasteiger partial charge in [0.2, 0.25) is 0 Å². The Hall–Kier alpha value is -1.33. The molecule has 1 aromatic rings. The molecule has 0 bridgehead atoms. The van der Waals surface area contributed by atoms with Crippen molar-refractivity contribution < 1.29 is 15.0 Å². The molecule has 0 saturated heterocycles. The number of aliphatic hydroxyl groups excluding tert-OH is 1. The Morgan fingerprint density at radius 2 is 2.35 bits per heavy atom. The predicted molar refractivity (Wildman–Crippen MR) is 62.8 cm³/mol. The van der Waals surface area contributed by atoms with Gasteiger partial charge < -0.3 is 20.5 Å². The van der Waals surface area contributed by atoms with Gasteiger partial charge in [0.05, 0.1) is 5.56 Å². The van der Waals surface area contributed by atoms with E-state index in [9.17, 15) is 9.90 Å². The number of nitrogens with one attached hydrogen (secondary N) is 2. The van der Waals surface area contributed by atoms with Crippen LogP contribution in [0.5, 0.6) is 0 Å². The van der Waals surface area contributed by atoms with Crippen LogP contribution in [-0.4, -0.2) is 33.8 Å². The normalized spacial score (nSPS) is 24.1. The Kier molecular flexibility index (Phi) is 3.81. The van der Waals surface area contributed by atoms with Crippen LogP contribution in [0, 0.1) is 5.92 Å². The summed E-state index contributed by atoms with van der Waals surface area (Å²) in [5.41, 5.74) is 1.01. The van der Waals surface area contributed by atoms with Crippen molar-refractivity contribution in [3.63, 3.8) is 0 Å². The Balaban J connectivity index is 1.93.